The van der Waals surface area contributed by atoms with Gasteiger partial charge in [-0.3, -0.25) is 4.79 Å². The molecule has 3 aromatic carbocycles. The van der Waals surface area contributed by atoms with Gasteiger partial charge in [0.1, 0.15) is 5.75 Å². The van der Waals surface area contributed by atoms with Crippen molar-refractivity contribution in [1.82, 2.24) is 15.1 Å². The van der Waals surface area contributed by atoms with E-state index in [1.165, 1.54) is 11.1 Å². The number of amides is 1. The van der Waals surface area contributed by atoms with Crippen LogP contribution in [0.25, 0.3) is 16.9 Å². The van der Waals surface area contributed by atoms with Crippen molar-refractivity contribution in [1.29, 1.82) is 0 Å². The SMILES string of the molecule is CCOC(=O)c1cc(-c2cccc(OC)c2)n(-c2ccc(C(=O)N[C@H]3CCCc4ccccc43)cc2)n1. The van der Waals surface area contributed by atoms with Crippen molar-refractivity contribution in [2.45, 2.75) is 32.2 Å². The van der Waals surface area contributed by atoms with E-state index < -0.39 is 5.97 Å². The maximum Gasteiger partial charge on any atom is 0.358 e. The number of nitrogens with one attached hydrogen (secondary N) is 1. The summed E-state index contributed by atoms with van der Waals surface area (Å²) in [5.41, 5.74) is 5.52. The number of aryl methyl sites for hydroxylation is 1. The molecule has 1 heterocycles. The van der Waals surface area contributed by atoms with E-state index in [2.05, 4.69) is 22.5 Å². The predicted octanol–water partition coefficient (Wildman–Crippen LogP) is 5.53. The highest BCUT2D eigenvalue weighted by Gasteiger charge is 2.22. The lowest BCUT2D eigenvalue weighted by Crippen LogP contribution is -2.30. The largest absolute Gasteiger partial charge is 0.497 e. The lowest BCUT2D eigenvalue weighted by molar-refractivity contribution is 0.0518. The molecular weight excluding hydrogens is 466 g/mol. The quantitative estimate of drug-likeness (QED) is 0.341. The minimum absolute atomic E-state index is 0.00930. The van der Waals surface area contributed by atoms with Gasteiger partial charge in [-0.25, -0.2) is 9.48 Å². The van der Waals surface area contributed by atoms with Gasteiger partial charge < -0.3 is 14.8 Å². The number of ether oxygens (including phenoxy) is 2. The fourth-order valence-corrected chi connectivity index (χ4v) is 4.77. The first-order valence-corrected chi connectivity index (χ1v) is 12.5. The zero-order valence-electron chi connectivity index (χ0n) is 20.9. The van der Waals surface area contributed by atoms with Crippen molar-refractivity contribution in [3.63, 3.8) is 0 Å². The summed E-state index contributed by atoms with van der Waals surface area (Å²) in [6.45, 7) is 2.02. The average Bonchev–Trinajstić information content (AvgIpc) is 3.39. The van der Waals surface area contributed by atoms with Crippen LogP contribution < -0.4 is 10.1 Å². The normalized spacial score (nSPS) is 14.5. The Morgan fingerprint density at radius 2 is 1.84 bits per heavy atom. The van der Waals surface area contributed by atoms with E-state index in [0.717, 1.165) is 24.8 Å². The third-order valence-electron chi connectivity index (χ3n) is 6.61. The third-order valence-corrected chi connectivity index (χ3v) is 6.61. The molecule has 0 saturated carbocycles. The first-order valence-electron chi connectivity index (χ1n) is 12.5. The number of benzene rings is 3. The fraction of sp³-hybridized carbons (Fsp3) is 0.233. The van der Waals surface area contributed by atoms with E-state index >= 15 is 0 Å². The van der Waals surface area contributed by atoms with Gasteiger partial charge in [0.05, 0.1) is 31.1 Å². The smallest absolute Gasteiger partial charge is 0.358 e. The van der Waals surface area contributed by atoms with Crippen molar-refractivity contribution < 1.29 is 19.1 Å². The number of aromatic nitrogens is 2. The van der Waals surface area contributed by atoms with Gasteiger partial charge in [0, 0.05) is 11.1 Å². The van der Waals surface area contributed by atoms with Crippen LogP contribution in [0.3, 0.4) is 0 Å². The fourth-order valence-electron chi connectivity index (χ4n) is 4.77. The molecule has 0 saturated heterocycles. The molecule has 0 spiro atoms. The summed E-state index contributed by atoms with van der Waals surface area (Å²) in [5, 5.41) is 7.72. The maximum atomic E-state index is 13.1. The number of fused-ring (bicyclic) bond motifs is 1. The van der Waals surface area contributed by atoms with Gasteiger partial charge in [-0.05, 0) is 79.8 Å². The highest BCUT2D eigenvalue weighted by molar-refractivity contribution is 5.94. The number of methoxy groups -OCH3 is 1. The summed E-state index contributed by atoms with van der Waals surface area (Å²) < 4.78 is 12.2. The molecule has 1 aliphatic carbocycles. The molecule has 1 N–H and O–H groups in total. The van der Waals surface area contributed by atoms with Crippen LogP contribution in [-0.2, 0) is 11.2 Å². The molecular formula is C30H29N3O4. The Labute approximate surface area is 216 Å². The Kier molecular flexibility index (Phi) is 7.03. The van der Waals surface area contributed by atoms with E-state index in [9.17, 15) is 9.59 Å². The topological polar surface area (TPSA) is 82.5 Å². The Morgan fingerprint density at radius 1 is 1.03 bits per heavy atom. The molecule has 1 aliphatic rings. The second kappa shape index (κ2) is 10.7. The van der Waals surface area contributed by atoms with Crippen LogP contribution in [0, 0.1) is 0 Å². The molecule has 188 valence electrons. The molecule has 4 aromatic rings. The lowest BCUT2D eigenvalue weighted by atomic mass is 9.87. The number of carbonyl (C=O) groups is 2. The van der Waals surface area contributed by atoms with E-state index in [4.69, 9.17) is 9.47 Å². The molecule has 0 bridgehead atoms. The first kappa shape index (κ1) is 24.3. The zero-order valence-corrected chi connectivity index (χ0v) is 20.9. The molecule has 37 heavy (non-hydrogen) atoms. The summed E-state index contributed by atoms with van der Waals surface area (Å²) in [5.74, 6) is 0.0855. The Bertz CT molecular complexity index is 1430. The first-order chi connectivity index (χ1) is 18.1. The Hall–Kier alpha value is -4.39. The van der Waals surface area contributed by atoms with Crippen molar-refractivity contribution in [2.75, 3.05) is 13.7 Å². The molecule has 0 fully saturated rings. The van der Waals surface area contributed by atoms with Crippen LogP contribution in [0.2, 0.25) is 0 Å². The van der Waals surface area contributed by atoms with Crippen LogP contribution in [0.5, 0.6) is 5.75 Å². The maximum absolute atomic E-state index is 13.1. The van der Waals surface area contributed by atoms with E-state index in [1.54, 1.807) is 36.9 Å². The van der Waals surface area contributed by atoms with E-state index in [1.807, 2.05) is 48.5 Å². The lowest BCUT2D eigenvalue weighted by Gasteiger charge is -2.26. The van der Waals surface area contributed by atoms with Crippen LogP contribution in [0.1, 0.15) is 57.8 Å². The zero-order chi connectivity index (χ0) is 25.8. The molecule has 0 unspecified atom stereocenters. The highest BCUT2D eigenvalue weighted by atomic mass is 16.5. The third kappa shape index (κ3) is 5.11. The molecule has 0 radical (unpaired) electrons. The number of hydrogen-bond acceptors (Lipinski definition) is 5. The summed E-state index contributed by atoms with van der Waals surface area (Å²) in [6.07, 6.45) is 3.02. The summed E-state index contributed by atoms with van der Waals surface area (Å²) in [4.78, 5) is 25.5. The minimum Gasteiger partial charge on any atom is -0.497 e. The van der Waals surface area contributed by atoms with Crippen LogP contribution in [0.4, 0.5) is 0 Å². The van der Waals surface area contributed by atoms with Gasteiger partial charge in [-0.2, -0.15) is 5.10 Å². The average molecular weight is 496 g/mol. The summed E-state index contributed by atoms with van der Waals surface area (Å²) >= 11 is 0. The second-order valence-corrected chi connectivity index (χ2v) is 8.94. The monoisotopic (exact) mass is 495 g/mol. The highest BCUT2D eigenvalue weighted by Crippen LogP contribution is 2.30. The van der Waals surface area contributed by atoms with Gasteiger partial charge in [0.15, 0.2) is 5.69 Å². The van der Waals surface area contributed by atoms with Crippen molar-refractivity contribution in [3.05, 3.63) is 101 Å². The van der Waals surface area contributed by atoms with Crippen LogP contribution in [-0.4, -0.2) is 35.4 Å². The molecule has 1 atom stereocenters. The number of rotatable bonds is 7. The summed E-state index contributed by atoms with van der Waals surface area (Å²) in [7, 11) is 1.61. The number of nitrogens with zero attached hydrogens (tertiary/aromatic N) is 2. The van der Waals surface area contributed by atoms with Crippen molar-refractivity contribution in [3.8, 4) is 22.7 Å². The van der Waals surface area contributed by atoms with Crippen LogP contribution in [0.15, 0.2) is 78.9 Å². The molecule has 0 aliphatic heterocycles. The van der Waals surface area contributed by atoms with Crippen molar-refractivity contribution >= 4 is 11.9 Å². The minimum atomic E-state index is -0.492. The Morgan fingerprint density at radius 3 is 2.62 bits per heavy atom. The Balaban J connectivity index is 1.43. The van der Waals surface area contributed by atoms with Crippen molar-refractivity contribution in [2.24, 2.45) is 0 Å². The number of carbonyl (C=O) groups excluding carboxylic acids is 2. The predicted molar refractivity (Wildman–Crippen MR) is 141 cm³/mol. The van der Waals surface area contributed by atoms with E-state index in [-0.39, 0.29) is 24.2 Å². The van der Waals surface area contributed by atoms with Gasteiger partial charge in [-0.15, -0.1) is 0 Å². The summed E-state index contributed by atoms with van der Waals surface area (Å²) in [6, 6.07) is 24.8. The molecule has 1 aromatic heterocycles. The molecule has 7 nitrogen and oxygen atoms in total. The standard InChI is InChI=1S/C30H29N3O4/c1-3-37-30(35)27-19-28(22-10-6-11-24(18-22)36-2)33(32-27)23-16-14-21(15-17-23)29(34)31-26-13-7-9-20-8-4-5-12-25(20)26/h4-6,8,10-12,14-19,26H,3,7,9,13H2,1-2H3,(H,31,34)/t26-/m0/s1. The molecule has 7 heteroatoms. The number of esters is 1. The second-order valence-electron chi connectivity index (χ2n) is 8.94. The van der Waals surface area contributed by atoms with Gasteiger partial charge in [0.25, 0.3) is 5.91 Å². The number of hydrogen-bond donors (Lipinski definition) is 1. The van der Waals surface area contributed by atoms with Gasteiger partial charge >= 0.3 is 5.97 Å². The van der Waals surface area contributed by atoms with E-state index in [0.29, 0.717) is 22.7 Å². The van der Waals surface area contributed by atoms with Gasteiger partial charge in [-0.1, -0.05) is 36.4 Å². The molecule has 1 amide bonds. The van der Waals surface area contributed by atoms with Crippen LogP contribution >= 0.6 is 0 Å². The molecule has 5 rings (SSSR count). The van der Waals surface area contributed by atoms with Gasteiger partial charge in [0.2, 0.25) is 0 Å².